The molecular formula is C21H26F2N6OS. The van der Waals surface area contributed by atoms with Gasteiger partial charge in [-0.15, -0.1) is 10.2 Å². The van der Waals surface area contributed by atoms with Crippen molar-refractivity contribution >= 4 is 39.2 Å². The normalized spacial score (nSPS) is 18.7. The number of aromatic nitrogens is 4. The molecule has 4 rings (SSSR count). The van der Waals surface area contributed by atoms with Gasteiger partial charge in [0.2, 0.25) is 5.95 Å². The van der Waals surface area contributed by atoms with Crippen LogP contribution >= 0.6 is 0 Å². The number of alkyl halides is 2. The summed E-state index contributed by atoms with van der Waals surface area (Å²) in [5.74, 6) is -2.12. The highest BCUT2D eigenvalue weighted by Gasteiger charge is 2.35. The molecule has 0 unspecified atom stereocenters. The molecule has 2 aromatic heterocycles. The number of hydrogen-bond acceptors (Lipinski definition) is 5. The molecule has 1 aliphatic rings. The largest absolute Gasteiger partial charge is 0.341 e. The van der Waals surface area contributed by atoms with Crippen LogP contribution in [0.4, 0.5) is 14.7 Å². The standard InChI is InChI=1S/C21H26F2N6OS/c1-13-10-15(14(2)27-31(30)20(3,4)5)17-16(11-13)18-26-24-12-29(18)19(25-17)28-8-6-21(22,23)7-9-28/h10-12H,6-9H2,1-5H3/b27-14+/t31-/m1/s1. The second-order valence-corrected chi connectivity index (χ2v) is 10.9. The molecule has 1 saturated heterocycles. The minimum atomic E-state index is -2.65. The van der Waals surface area contributed by atoms with Crippen molar-refractivity contribution in [3.8, 4) is 0 Å². The van der Waals surface area contributed by atoms with Crippen LogP contribution in [0.1, 0.15) is 51.7 Å². The van der Waals surface area contributed by atoms with Gasteiger partial charge < -0.3 is 4.90 Å². The topological polar surface area (TPSA) is 75.8 Å². The van der Waals surface area contributed by atoms with Crippen LogP contribution in [0, 0.1) is 6.92 Å². The maximum absolute atomic E-state index is 13.7. The Labute approximate surface area is 182 Å². The van der Waals surface area contributed by atoms with Gasteiger partial charge in [-0.25, -0.2) is 18.0 Å². The third-order valence-electron chi connectivity index (χ3n) is 5.38. The van der Waals surface area contributed by atoms with Gasteiger partial charge in [0.05, 0.1) is 16.0 Å². The Morgan fingerprint density at radius 3 is 2.55 bits per heavy atom. The van der Waals surface area contributed by atoms with Gasteiger partial charge >= 0.3 is 0 Å². The summed E-state index contributed by atoms with van der Waals surface area (Å²) in [6.07, 6.45) is 1.12. The molecule has 0 saturated carbocycles. The van der Waals surface area contributed by atoms with Gasteiger partial charge in [0.25, 0.3) is 5.92 Å². The van der Waals surface area contributed by atoms with Gasteiger partial charge in [0, 0.05) is 36.9 Å². The van der Waals surface area contributed by atoms with Crippen molar-refractivity contribution in [2.24, 2.45) is 4.40 Å². The number of benzene rings is 1. The van der Waals surface area contributed by atoms with Gasteiger partial charge in [-0.1, -0.05) is 0 Å². The highest BCUT2D eigenvalue weighted by atomic mass is 32.2. The van der Waals surface area contributed by atoms with Gasteiger partial charge in [-0.2, -0.15) is 4.40 Å². The maximum atomic E-state index is 13.7. The van der Waals surface area contributed by atoms with Gasteiger partial charge in [-0.3, -0.25) is 4.40 Å². The first-order valence-electron chi connectivity index (χ1n) is 10.2. The number of halogens is 2. The zero-order valence-corrected chi connectivity index (χ0v) is 19.1. The van der Waals surface area contributed by atoms with E-state index >= 15 is 0 Å². The van der Waals surface area contributed by atoms with Crippen molar-refractivity contribution in [1.82, 2.24) is 19.6 Å². The molecule has 3 heterocycles. The highest BCUT2D eigenvalue weighted by molar-refractivity contribution is 7.85. The quantitative estimate of drug-likeness (QED) is 0.564. The van der Waals surface area contributed by atoms with Crippen LogP contribution in [-0.2, 0) is 11.0 Å². The monoisotopic (exact) mass is 448 g/mol. The fourth-order valence-electron chi connectivity index (χ4n) is 3.63. The Hall–Kier alpha value is -2.49. The third kappa shape index (κ3) is 4.17. The lowest BCUT2D eigenvalue weighted by atomic mass is 10.0. The molecule has 0 N–H and O–H groups in total. The lowest BCUT2D eigenvalue weighted by Crippen LogP contribution is -2.40. The molecule has 1 fully saturated rings. The smallest absolute Gasteiger partial charge is 0.251 e. The van der Waals surface area contributed by atoms with E-state index in [1.807, 2.05) is 51.7 Å². The van der Waals surface area contributed by atoms with Crippen molar-refractivity contribution in [3.05, 3.63) is 29.6 Å². The Balaban J connectivity index is 1.91. The van der Waals surface area contributed by atoms with E-state index in [0.717, 1.165) is 16.5 Å². The maximum Gasteiger partial charge on any atom is 0.251 e. The molecule has 1 aliphatic heterocycles. The van der Waals surface area contributed by atoms with Crippen molar-refractivity contribution in [2.75, 3.05) is 18.0 Å². The van der Waals surface area contributed by atoms with Crippen LogP contribution in [0.2, 0.25) is 0 Å². The number of anilines is 1. The molecule has 1 aromatic carbocycles. The van der Waals surface area contributed by atoms with Gasteiger partial charge in [0.15, 0.2) is 5.65 Å². The molecule has 3 aromatic rings. The Bertz CT molecular complexity index is 1200. The first kappa shape index (κ1) is 21.7. The molecule has 7 nitrogen and oxygen atoms in total. The predicted octanol–water partition coefficient (Wildman–Crippen LogP) is 4.09. The van der Waals surface area contributed by atoms with Crippen LogP contribution in [0.25, 0.3) is 16.6 Å². The minimum absolute atomic E-state index is 0.196. The first-order valence-corrected chi connectivity index (χ1v) is 11.3. The molecule has 0 bridgehead atoms. The molecule has 31 heavy (non-hydrogen) atoms. The van der Waals surface area contributed by atoms with E-state index in [4.69, 9.17) is 4.98 Å². The lowest BCUT2D eigenvalue weighted by Gasteiger charge is -2.32. The average Bonchev–Trinajstić information content (AvgIpc) is 3.16. The predicted molar refractivity (Wildman–Crippen MR) is 120 cm³/mol. The summed E-state index contributed by atoms with van der Waals surface area (Å²) in [7, 11) is -1.42. The molecule has 0 aliphatic carbocycles. The second kappa shape index (κ2) is 7.58. The number of fused-ring (bicyclic) bond motifs is 3. The number of aryl methyl sites for hydroxylation is 1. The summed E-state index contributed by atoms with van der Waals surface area (Å²) in [6, 6.07) is 3.92. The Morgan fingerprint density at radius 2 is 1.90 bits per heavy atom. The Morgan fingerprint density at radius 1 is 1.23 bits per heavy atom. The summed E-state index contributed by atoms with van der Waals surface area (Å²) < 4.78 is 45.7. The first-order chi connectivity index (χ1) is 14.5. The summed E-state index contributed by atoms with van der Waals surface area (Å²) >= 11 is 0. The zero-order valence-electron chi connectivity index (χ0n) is 18.3. The van der Waals surface area contributed by atoms with Crippen LogP contribution in [0.3, 0.4) is 0 Å². The molecule has 10 heteroatoms. The average molecular weight is 449 g/mol. The van der Waals surface area contributed by atoms with E-state index in [9.17, 15) is 13.0 Å². The van der Waals surface area contributed by atoms with Crippen LogP contribution in [0.15, 0.2) is 22.9 Å². The molecule has 1 atom stereocenters. The zero-order chi connectivity index (χ0) is 22.6. The van der Waals surface area contributed by atoms with E-state index in [1.54, 1.807) is 10.7 Å². The van der Waals surface area contributed by atoms with Crippen LogP contribution < -0.4 is 4.90 Å². The van der Waals surface area contributed by atoms with Crippen molar-refractivity contribution in [1.29, 1.82) is 0 Å². The Kier molecular flexibility index (Phi) is 5.31. The van der Waals surface area contributed by atoms with E-state index in [2.05, 4.69) is 14.6 Å². The number of rotatable bonds is 3. The van der Waals surface area contributed by atoms with E-state index < -0.39 is 21.7 Å². The summed E-state index contributed by atoms with van der Waals surface area (Å²) in [5, 5.41) is 9.10. The van der Waals surface area contributed by atoms with Crippen LogP contribution in [-0.4, -0.2) is 53.3 Å². The van der Waals surface area contributed by atoms with Crippen LogP contribution in [0.5, 0.6) is 0 Å². The number of piperidine rings is 1. The summed E-state index contributed by atoms with van der Waals surface area (Å²) in [6.45, 7) is 9.78. The highest BCUT2D eigenvalue weighted by Crippen LogP contribution is 2.32. The second-order valence-electron chi connectivity index (χ2n) is 9.03. The lowest BCUT2D eigenvalue weighted by molar-refractivity contribution is -0.0222. The SMILES string of the molecule is C/C(=N\[S@](=O)C(C)(C)C)c1cc(C)cc2c1nc(N1CCC(F)(F)CC1)n1cnnc21. The molecule has 0 radical (unpaired) electrons. The van der Waals surface area contributed by atoms with Crippen molar-refractivity contribution < 1.29 is 13.0 Å². The number of hydrogen-bond donors (Lipinski definition) is 0. The molecular weight excluding hydrogens is 422 g/mol. The van der Waals surface area contributed by atoms with Gasteiger partial charge in [0.1, 0.15) is 17.3 Å². The third-order valence-corrected chi connectivity index (χ3v) is 6.87. The van der Waals surface area contributed by atoms with Gasteiger partial charge in [-0.05, 0) is 52.3 Å². The minimum Gasteiger partial charge on any atom is -0.341 e. The number of nitrogens with zero attached hydrogens (tertiary/aromatic N) is 6. The summed E-state index contributed by atoms with van der Waals surface area (Å²) in [4.78, 5) is 6.71. The van der Waals surface area contributed by atoms with E-state index in [-0.39, 0.29) is 25.9 Å². The fraction of sp³-hybridized carbons (Fsp3) is 0.524. The molecule has 166 valence electrons. The van der Waals surface area contributed by atoms with E-state index in [1.165, 1.54) is 0 Å². The fourth-order valence-corrected chi connectivity index (χ4v) is 4.25. The van der Waals surface area contributed by atoms with Crippen molar-refractivity contribution in [3.63, 3.8) is 0 Å². The molecule has 0 amide bonds. The van der Waals surface area contributed by atoms with Crippen molar-refractivity contribution in [2.45, 2.75) is 58.1 Å². The van der Waals surface area contributed by atoms with E-state index in [0.29, 0.717) is 22.8 Å². The molecule has 0 spiro atoms. The summed E-state index contributed by atoms with van der Waals surface area (Å²) in [5.41, 5.74) is 3.59.